The van der Waals surface area contributed by atoms with Gasteiger partial charge in [0.15, 0.2) is 0 Å². The van der Waals surface area contributed by atoms with Crippen LogP contribution in [0.5, 0.6) is 0 Å². The number of carbonyl (C=O) groups is 2. The summed E-state index contributed by atoms with van der Waals surface area (Å²) in [5.74, 6) is 0.346. The van der Waals surface area contributed by atoms with E-state index < -0.39 is 0 Å². The lowest BCUT2D eigenvalue weighted by Gasteiger charge is -2.19. The second-order valence-electron chi connectivity index (χ2n) is 3.11. The zero-order valence-corrected chi connectivity index (χ0v) is 10.7. The third-order valence-corrected chi connectivity index (χ3v) is 2.46. The van der Waals surface area contributed by atoms with Crippen molar-refractivity contribution in [1.29, 1.82) is 0 Å². The van der Waals surface area contributed by atoms with Crippen LogP contribution in [0, 0.1) is 0 Å². The highest BCUT2D eigenvalue weighted by molar-refractivity contribution is 7.98. The van der Waals surface area contributed by atoms with Crippen molar-refractivity contribution in [1.82, 2.24) is 4.90 Å². The molecule has 1 amide bonds. The average molecular weight is 245 g/mol. The van der Waals surface area contributed by atoms with Crippen molar-refractivity contribution in [2.45, 2.75) is 13.3 Å². The normalized spacial score (nSPS) is 9.62. The van der Waals surface area contributed by atoms with E-state index >= 15 is 0 Å². The van der Waals surface area contributed by atoms with E-state index in [1.165, 1.54) is 4.90 Å². The van der Waals surface area contributed by atoms with Crippen LogP contribution >= 0.6 is 11.8 Å². The van der Waals surface area contributed by atoms with Crippen LogP contribution in [0.15, 0.2) is 12.7 Å². The molecule has 0 aliphatic carbocycles. The number of hydrogen-bond donors (Lipinski definition) is 0. The lowest BCUT2D eigenvalue weighted by molar-refractivity contribution is -0.148. The minimum absolute atomic E-state index is 0.00702. The highest BCUT2D eigenvalue weighted by atomic mass is 32.2. The van der Waals surface area contributed by atoms with Gasteiger partial charge in [0.2, 0.25) is 5.91 Å². The van der Waals surface area contributed by atoms with E-state index in [2.05, 4.69) is 6.58 Å². The molecule has 0 aliphatic heterocycles. The Morgan fingerprint density at radius 2 is 2.19 bits per heavy atom. The molecule has 16 heavy (non-hydrogen) atoms. The van der Waals surface area contributed by atoms with Crippen molar-refractivity contribution < 1.29 is 14.3 Å². The molecule has 0 bridgehead atoms. The molecule has 0 aliphatic rings. The smallest absolute Gasteiger partial charge is 0.325 e. The Kier molecular flexibility index (Phi) is 8.71. The first-order chi connectivity index (χ1) is 7.65. The number of thioether (sulfide) groups is 1. The molecular weight excluding hydrogens is 226 g/mol. The molecule has 0 aromatic carbocycles. The highest BCUT2D eigenvalue weighted by Crippen LogP contribution is 2.01. The monoisotopic (exact) mass is 245 g/mol. The molecule has 0 rings (SSSR count). The second-order valence-corrected chi connectivity index (χ2v) is 4.10. The van der Waals surface area contributed by atoms with Gasteiger partial charge in [0.1, 0.15) is 6.54 Å². The molecule has 0 radical (unpaired) electrons. The molecule has 0 fully saturated rings. The first-order valence-corrected chi connectivity index (χ1v) is 6.58. The van der Waals surface area contributed by atoms with Gasteiger partial charge in [-0.1, -0.05) is 6.08 Å². The summed E-state index contributed by atoms with van der Waals surface area (Å²) in [5, 5.41) is 0. The third kappa shape index (κ3) is 6.50. The first kappa shape index (κ1) is 15.0. The van der Waals surface area contributed by atoms with Crippen LogP contribution < -0.4 is 0 Å². The number of carbonyl (C=O) groups excluding carboxylic acids is 2. The lowest BCUT2D eigenvalue weighted by atomic mass is 10.3. The van der Waals surface area contributed by atoms with Gasteiger partial charge in [0, 0.05) is 18.7 Å². The van der Waals surface area contributed by atoms with Crippen molar-refractivity contribution in [3.8, 4) is 0 Å². The summed E-state index contributed by atoms with van der Waals surface area (Å²) in [6, 6.07) is 0. The van der Waals surface area contributed by atoms with Crippen LogP contribution in [0.3, 0.4) is 0 Å². The summed E-state index contributed by atoms with van der Waals surface area (Å²) >= 11 is 1.61. The van der Waals surface area contributed by atoms with Gasteiger partial charge in [-0.25, -0.2) is 0 Å². The molecule has 0 spiro atoms. The Hall–Kier alpha value is -0.970. The Morgan fingerprint density at radius 1 is 1.50 bits per heavy atom. The van der Waals surface area contributed by atoms with Crippen molar-refractivity contribution in [3.05, 3.63) is 12.7 Å². The van der Waals surface area contributed by atoms with Crippen LogP contribution in [0.4, 0.5) is 0 Å². The van der Waals surface area contributed by atoms with Gasteiger partial charge in [-0.15, -0.1) is 6.58 Å². The number of nitrogens with zero attached hydrogens (tertiary/aromatic N) is 1. The van der Waals surface area contributed by atoms with Crippen LogP contribution in [0.25, 0.3) is 0 Å². The van der Waals surface area contributed by atoms with Crippen molar-refractivity contribution in [2.75, 3.05) is 31.7 Å². The topological polar surface area (TPSA) is 46.6 Å². The Labute approximate surface area is 101 Å². The average Bonchev–Trinajstić information content (AvgIpc) is 2.25. The van der Waals surface area contributed by atoms with E-state index in [9.17, 15) is 9.59 Å². The van der Waals surface area contributed by atoms with E-state index in [-0.39, 0.29) is 18.4 Å². The summed E-state index contributed by atoms with van der Waals surface area (Å²) in [6.45, 7) is 6.03. The third-order valence-electron chi connectivity index (χ3n) is 1.85. The molecule has 0 heterocycles. The maximum Gasteiger partial charge on any atom is 0.325 e. The molecule has 0 aromatic rings. The quantitative estimate of drug-likeness (QED) is 0.478. The number of ether oxygens (including phenoxy) is 1. The Morgan fingerprint density at radius 3 is 2.69 bits per heavy atom. The fraction of sp³-hybridized carbons (Fsp3) is 0.636. The van der Waals surface area contributed by atoms with Crippen molar-refractivity contribution in [2.24, 2.45) is 0 Å². The van der Waals surface area contributed by atoms with E-state index in [1.54, 1.807) is 24.8 Å². The first-order valence-electron chi connectivity index (χ1n) is 5.18. The summed E-state index contributed by atoms with van der Waals surface area (Å²) in [7, 11) is 0. The zero-order chi connectivity index (χ0) is 12.4. The predicted octanol–water partition coefficient (Wildman–Crippen LogP) is 1.32. The van der Waals surface area contributed by atoms with Crippen molar-refractivity contribution in [3.63, 3.8) is 0 Å². The van der Waals surface area contributed by atoms with Gasteiger partial charge < -0.3 is 9.64 Å². The van der Waals surface area contributed by atoms with Gasteiger partial charge in [-0.05, 0) is 13.2 Å². The minimum Gasteiger partial charge on any atom is -0.465 e. The molecular formula is C11H19NO3S. The standard InChI is InChI=1S/C11H19NO3S/c1-4-7-12(9-11(14)15-5-2)10(13)6-8-16-3/h4H,1,5-9H2,2-3H3. The maximum absolute atomic E-state index is 11.7. The molecule has 0 saturated carbocycles. The second kappa shape index (κ2) is 9.27. The number of hydrogen-bond acceptors (Lipinski definition) is 4. The Balaban J connectivity index is 4.18. The fourth-order valence-electron chi connectivity index (χ4n) is 1.12. The molecule has 4 nitrogen and oxygen atoms in total. The molecule has 0 unspecified atom stereocenters. The molecule has 0 atom stereocenters. The number of amides is 1. The van der Waals surface area contributed by atoms with E-state index in [0.29, 0.717) is 19.6 Å². The maximum atomic E-state index is 11.7. The molecule has 0 saturated heterocycles. The van der Waals surface area contributed by atoms with Gasteiger partial charge in [0.05, 0.1) is 6.61 Å². The highest BCUT2D eigenvalue weighted by Gasteiger charge is 2.15. The van der Waals surface area contributed by atoms with Gasteiger partial charge in [-0.3, -0.25) is 9.59 Å². The van der Waals surface area contributed by atoms with Gasteiger partial charge in [0.25, 0.3) is 0 Å². The number of rotatable bonds is 8. The summed E-state index contributed by atoms with van der Waals surface area (Å²) in [6.07, 6.45) is 3.99. The SMILES string of the molecule is C=CCN(CC(=O)OCC)C(=O)CCSC. The Bertz CT molecular complexity index is 243. The predicted molar refractivity (Wildman–Crippen MR) is 66.4 cm³/mol. The van der Waals surface area contributed by atoms with Crippen LogP contribution in [-0.2, 0) is 14.3 Å². The largest absolute Gasteiger partial charge is 0.465 e. The van der Waals surface area contributed by atoms with Crippen LogP contribution in [0.1, 0.15) is 13.3 Å². The van der Waals surface area contributed by atoms with Gasteiger partial charge in [-0.2, -0.15) is 11.8 Å². The lowest BCUT2D eigenvalue weighted by Crippen LogP contribution is -2.36. The van der Waals surface area contributed by atoms with E-state index in [1.807, 2.05) is 6.26 Å². The minimum atomic E-state index is -0.373. The fourth-order valence-corrected chi connectivity index (χ4v) is 1.50. The summed E-state index contributed by atoms with van der Waals surface area (Å²) < 4.78 is 4.80. The zero-order valence-electron chi connectivity index (χ0n) is 9.90. The number of esters is 1. The molecule has 0 aromatic heterocycles. The molecule has 5 heteroatoms. The summed E-state index contributed by atoms with van der Waals surface area (Å²) in [5.41, 5.74) is 0. The molecule has 0 N–H and O–H groups in total. The van der Waals surface area contributed by atoms with Crippen molar-refractivity contribution >= 4 is 23.6 Å². The van der Waals surface area contributed by atoms with Crippen LogP contribution in [-0.4, -0.2) is 48.5 Å². The van der Waals surface area contributed by atoms with Crippen LogP contribution in [0.2, 0.25) is 0 Å². The molecule has 92 valence electrons. The van der Waals surface area contributed by atoms with E-state index in [4.69, 9.17) is 4.74 Å². The van der Waals surface area contributed by atoms with E-state index in [0.717, 1.165) is 5.75 Å². The van der Waals surface area contributed by atoms with Gasteiger partial charge >= 0.3 is 5.97 Å². The summed E-state index contributed by atoms with van der Waals surface area (Å²) in [4.78, 5) is 24.4.